The van der Waals surface area contributed by atoms with E-state index in [1.54, 1.807) is 0 Å². The molecular weight excluding hydrogens is 208 g/mol. The molecule has 1 rings (SSSR count). The number of rotatable bonds is 2. The van der Waals surface area contributed by atoms with Crippen LogP contribution >= 0.6 is 0 Å². The molecule has 1 saturated heterocycles. The third-order valence-corrected chi connectivity index (χ3v) is 2.53. The summed E-state index contributed by atoms with van der Waals surface area (Å²) in [7, 11) is 0. The molecule has 0 aromatic heterocycles. The number of nitrogens with zero attached hydrogens (tertiary/aromatic N) is 1. The minimum absolute atomic E-state index is 0.106. The van der Waals surface area contributed by atoms with Crippen LogP contribution in [0.1, 0.15) is 34.1 Å². The van der Waals surface area contributed by atoms with Crippen molar-refractivity contribution in [1.29, 1.82) is 0 Å². The standard InChI is InChI=1S/C11H20N2O3/c1-10(2)5-8(14)13(6-9(15)16)7-11(3,4)12-10/h12H,5-7H2,1-4H3,(H,15,16). The average Bonchev–Trinajstić information content (AvgIpc) is 2.02. The summed E-state index contributed by atoms with van der Waals surface area (Å²) in [6.45, 7) is 8.06. The quantitative estimate of drug-likeness (QED) is 0.720. The number of hydrogen-bond acceptors (Lipinski definition) is 3. The maximum absolute atomic E-state index is 11.9. The van der Waals surface area contributed by atoms with Gasteiger partial charge >= 0.3 is 5.97 Å². The molecule has 0 aromatic rings. The Morgan fingerprint density at radius 3 is 2.44 bits per heavy atom. The summed E-state index contributed by atoms with van der Waals surface area (Å²) in [6, 6.07) is 0. The van der Waals surface area contributed by atoms with Gasteiger partial charge in [0.15, 0.2) is 0 Å². The van der Waals surface area contributed by atoms with Crippen LogP contribution in [0.5, 0.6) is 0 Å². The number of nitrogens with one attached hydrogen (secondary N) is 1. The van der Waals surface area contributed by atoms with Crippen molar-refractivity contribution >= 4 is 11.9 Å². The molecule has 0 unspecified atom stereocenters. The lowest BCUT2D eigenvalue weighted by atomic mass is 9.96. The van der Waals surface area contributed by atoms with Crippen molar-refractivity contribution in [3.05, 3.63) is 0 Å². The van der Waals surface area contributed by atoms with Gasteiger partial charge in [0.25, 0.3) is 0 Å². The van der Waals surface area contributed by atoms with E-state index in [0.29, 0.717) is 13.0 Å². The van der Waals surface area contributed by atoms with Crippen molar-refractivity contribution < 1.29 is 14.7 Å². The number of carbonyl (C=O) groups excluding carboxylic acids is 1. The summed E-state index contributed by atoms with van der Waals surface area (Å²) in [5.74, 6) is -1.07. The first-order valence-electron chi connectivity index (χ1n) is 5.40. The van der Waals surface area contributed by atoms with Gasteiger partial charge in [-0.15, -0.1) is 0 Å². The summed E-state index contributed by atoms with van der Waals surface area (Å²) in [6.07, 6.45) is 0.323. The molecule has 2 N–H and O–H groups in total. The molecule has 16 heavy (non-hydrogen) atoms. The molecule has 1 aliphatic heterocycles. The van der Waals surface area contributed by atoms with E-state index < -0.39 is 5.97 Å². The largest absolute Gasteiger partial charge is 0.480 e. The van der Waals surface area contributed by atoms with Gasteiger partial charge in [0.05, 0.1) is 0 Å². The van der Waals surface area contributed by atoms with Crippen molar-refractivity contribution in [2.24, 2.45) is 0 Å². The number of carbonyl (C=O) groups is 2. The predicted molar refractivity (Wildman–Crippen MR) is 60.1 cm³/mol. The minimum atomic E-state index is -0.969. The van der Waals surface area contributed by atoms with Crippen LogP contribution in [0.15, 0.2) is 0 Å². The Hall–Kier alpha value is -1.10. The summed E-state index contributed by atoms with van der Waals surface area (Å²) in [5, 5.41) is 12.1. The Labute approximate surface area is 95.8 Å². The van der Waals surface area contributed by atoms with Crippen LogP contribution in [0.25, 0.3) is 0 Å². The second kappa shape index (κ2) is 4.05. The zero-order chi connectivity index (χ0) is 12.6. The molecule has 0 atom stereocenters. The fourth-order valence-electron chi connectivity index (χ4n) is 2.36. The van der Waals surface area contributed by atoms with Gasteiger partial charge in [0.2, 0.25) is 5.91 Å². The van der Waals surface area contributed by atoms with E-state index in [0.717, 1.165) is 0 Å². The van der Waals surface area contributed by atoms with Crippen molar-refractivity contribution in [2.45, 2.75) is 45.2 Å². The number of aliphatic carboxylic acids is 1. The molecule has 1 aliphatic rings. The van der Waals surface area contributed by atoms with Gasteiger partial charge in [-0.1, -0.05) is 0 Å². The third-order valence-electron chi connectivity index (χ3n) is 2.53. The highest BCUT2D eigenvalue weighted by Crippen LogP contribution is 2.21. The normalized spacial score (nSPS) is 24.0. The van der Waals surface area contributed by atoms with Gasteiger partial charge in [-0.3, -0.25) is 9.59 Å². The van der Waals surface area contributed by atoms with Crippen LogP contribution < -0.4 is 5.32 Å². The zero-order valence-corrected chi connectivity index (χ0v) is 10.3. The summed E-state index contributed by atoms with van der Waals surface area (Å²) in [4.78, 5) is 24.0. The Balaban J connectivity index is 2.88. The van der Waals surface area contributed by atoms with Crippen LogP contribution in [0, 0.1) is 0 Å². The van der Waals surface area contributed by atoms with Crippen LogP contribution in [-0.2, 0) is 9.59 Å². The molecule has 0 radical (unpaired) electrons. The summed E-state index contributed by atoms with van der Waals surface area (Å²) in [5.41, 5.74) is -0.570. The molecule has 0 spiro atoms. The molecule has 1 heterocycles. The van der Waals surface area contributed by atoms with E-state index >= 15 is 0 Å². The topological polar surface area (TPSA) is 69.6 Å². The average molecular weight is 228 g/mol. The molecule has 0 saturated carbocycles. The maximum atomic E-state index is 11.9. The van der Waals surface area contributed by atoms with Gasteiger partial charge < -0.3 is 15.3 Å². The molecule has 5 heteroatoms. The molecule has 5 nitrogen and oxygen atoms in total. The first-order chi connectivity index (χ1) is 7.11. The first kappa shape index (κ1) is 13.0. The zero-order valence-electron chi connectivity index (χ0n) is 10.3. The fourth-order valence-corrected chi connectivity index (χ4v) is 2.36. The highest BCUT2D eigenvalue weighted by Gasteiger charge is 2.37. The maximum Gasteiger partial charge on any atom is 0.323 e. The van der Waals surface area contributed by atoms with E-state index in [2.05, 4.69) is 5.32 Å². The van der Waals surface area contributed by atoms with Gasteiger partial charge in [-0.05, 0) is 27.7 Å². The number of carboxylic acids is 1. The Morgan fingerprint density at radius 2 is 1.94 bits per heavy atom. The molecule has 0 bridgehead atoms. The van der Waals surface area contributed by atoms with Crippen LogP contribution in [0.2, 0.25) is 0 Å². The fraction of sp³-hybridized carbons (Fsp3) is 0.818. The second-order valence-corrected chi connectivity index (χ2v) is 5.71. The molecule has 0 aliphatic carbocycles. The van der Waals surface area contributed by atoms with Crippen LogP contribution in [-0.4, -0.2) is 46.1 Å². The SMILES string of the molecule is CC1(C)CC(=O)N(CC(=O)O)CC(C)(C)N1. The highest BCUT2D eigenvalue weighted by molar-refractivity contribution is 5.82. The number of amides is 1. The summed E-state index contributed by atoms with van der Waals surface area (Å²) >= 11 is 0. The summed E-state index contributed by atoms with van der Waals surface area (Å²) < 4.78 is 0. The van der Waals surface area contributed by atoms with Crippen molar-refractivity contribution in [3.8, 4) is 0 Å². The Bertz CT molecular complexity index is 310. The number of carboxylic acid groups (broad SMARTS) is 1. The van der Waals surface area contributed by atoms with Gasteiger partial charge in [0, 0.05) is 24.0 Å². The molecule has 1 amide bonds. The smallest absolute Gasteiger partial charge is 0.323 e. The second-order valence-electron chi connectivity index (χ2n) is 5.71. The van der Waals surface area contributed by atoms with Gasteiger partial charge in [-0.2, -0.15) is 0 Å². The first-order valence-corrected chi connectivity index (χ1v) is 5.40. The highest BCUT2D eigenvalue weighted by atomic mass is 16.4. The predicted octanol–water partition coefficient (Wildman–Crippen LogP) is 0.450. The monoisotopic (exact) mass is 228 g/mol. The van der Waals surface area contributed by atoms with Crippen molar-refractivity contribution in [3.63, 3.8) is 0 Å². The molecular formula is C11H20N2O3. The minimum Gasteiger partial charge on any atom is -0.480 e. The number of hydrogen-bond donors (Lipinski definition) is 2. The lowest BCUT2D eigenvalue weighted by Crippen LogP contribution is -2.53. The van der Waals surface area contributed by atoms with Crippen LogP contribution in [0.3, 0.4) is 0 Å². The van der Waals surface area contributed by atoms with E-state index in [1.165, 1.54) is 4.90 Å². The van der Waals surface area contributed by atoms with Gasteiger partial charge in [0.1, 0.15) is 6.54 Å². The molecule has 0 aromatic carbocycles. The Morgan fingerprint density at radius 1 is 1.38 bits per heavy atom. The van der Waals surface area contributed by atoms with E-state index in [1.807, 2.05) is 27.7 Å². The Kier molecular flexibility index (Phi) is 3.28. The lowest BCUT2D eigenvalue weighted by Gasteiger charge is -2.34. The lowest BCUT2D eigenvalue weighted by molar-refractivity contribution is -0.144. The van der Waals surface area contributed by atoms with Crippen molar-refractivity contribution in [2.75, 3.05) is 13.1 Å². The molecule has 1 fully saturated rings. The van der Waals surface area contributed by atoms with E-state index in [9.17, 15) is 9.59 Å². The van der Waals surface area contributed by atoms with Crippen LogP contribution in [0.4, 0.5) is 0 Å². The molecule has 92 valence electrons. The van der Waals surface area contributed by atoms with E-state index in [-0.39, 0.29) is 23.5 Å². The van der Waals surface area contributed by atoms with Gasteiger partial charge in [-0.25, -0.2) is 0 Å². The third kappa shape index (κ3) is 3.48. The van der Waals surface area contributed by atoms with Crippen molar-refractivity contribution in [1.82, 2.24) is 10.2 Å². The van der Waals surface area contributed by atoms with E-state index in [4.69, 9.17) is 5.11 Å².